The quantitative estimate of drug-likeness (QED) is 0.831. The first-order chi connectivity index (χ1) is 12.2. The zero-order valence-corrected chi connectivity index (χ0v) is 16.1. The van der Waals surface area contributed by atoms with Gasteiger partial charge in [0.05, 0.1) is 16.8 Å². The number of aromatic nitrogens is 2. The minimum Gasteiger partial charge on any atom is -0.362 e. The van der Waals surface area contributed by atoms with E-state index in [2.05, 4.69) is 9.97 Å². The zero-order chi connectivity index (χ0) is 18.6. The number of aromatic amines is 1. The highest BCUT2D eigenvalue weighted by Gasteiger charge is 2.47. The number of fused-ring (bicyclic) bond motifs is 1. The van der Waals surface area contributed by atoms with Crippen LogP contribution in [0.1, 0.15) is 42.4 Å². The molecule has 140 valence electrons. The van der Waals surface area contributed by atoms with E-state index in [4.69, 9.17) is 16.3 Å². The summed E-state index contributed by atoms with van der Waals surface area (Å²) in [4.78, 5) is 7.30. The van der Waals surface area contributed by atoms with Crippen molar-refractivity contribution in [3.8, 4) is 0 Å². The van der Waals surface area contributed by atoms with Crippen LogP contribution in [-0.2, 0) is 14.6 Å². The van der Waals surface area contributed by atoms with Crippen molar-refractivity contribution in [2.75, 3.05) is 6.26 Å². The van der Waals surface area contributed by atoms with E-state index < -0.39 is 21.8 Å². The largest absolute Gasteiger partial charge is 0.362 e. The fourth-order valence-corrected chi connectivity index (χ4v) is 4.95. The summed E-state index contributed by atoms with van der Waals surface area (Å²) >= 11 is 5.94. The summed E-state index contributed by atoms with van der Waals surface area (Å²) in [5.74, 6) is 1.36. The molecular weight excluding hydrogens is 379 g/mol. The van der Waals surface area contributed by atoms with Crippen LogP contribution in [-0.4, -0.2) is 30.7 Å². The Bertz CT molecular complexity index is 949. The normalized spacial score (nSPS) is 25.9. The van der Waals surface area contributed by atoms with E-state index >= 15 is 0 Å². The SMILES string of the molecule is Cc1[nH]c(C(OC2CC3CC3C2)c2ccc(F)c(Cl)c2)nc1S(C)(=O)=O. The second-order valence-corrected chi connectivity index (χ2v) is 9.70. The number of hydrogen-bond acceptors (Lipinski definition) is 4. The third kappa shape index (κ3) is 3.40. The van der Waals surface area contributed by atoms with Crippen molar-refractivity contribution < 1.29 is 17.5 Å². The van der Waals surface area contributed by atoms with E-state index in [1.54, 1.807) is 13.0 Å². The molecule has 1 heterocycles. The minimum absolute atomic E-state index is 0.00279. The number of aryl methyl sites for hydroxylation is 1. The van der Waals surface area contributed by atoms with E-state index in [9.17, 15) is 12.8 Å². The predicted molar refractivity (Wildman–Crippen MR) is 95.4 cm³/mol. The summed E-state index contributed by atoms with van der Waals surface area (Å²) in [5.41, 5.74) is 1.10. The van der Waals surface area contributed by atoms with Gasteiger partial charge in [0, 0.05) is 6.26 Å². The molecule has 26 heavy (non-hydrogen) atoms. The Kier molecular flexibility index (Phi) is 4.36. The molecular formula is C18H20ClFN2O3S. The van der Waals surface area contributed by atoms with Crippen LogP contribution in [0.25, 0.3) is 0 Å². The maximum Gasteiger partial charge on any atom is 0.194 e. The molecule has 0 aliphatic heterocycles. The Labute approximate surface area is 156 Å². The number of hydrogen-bond donors (Lipinski definition) is 1. The lowest BCUT2D eigenvalue weighted by Crippen LogP contribution is -2.17. The summed E-state index contributed by atoms with van der Waals surface area (Å²) in [5, 5.41) is 0.000520. The van der Waals surface area contributed by atoms with Crippen LogP contribution >= 0.6 is 11.6 Å². The number of imidazole rings is 1. The van der Waals surface area contributed by atoms with Crippen LogP contribution in [0, 0.1) is 24.6 Å². The first kappa shape index (κ1) is 17.9. The molecule has 1 aromatic carbocycles. The molecule has 1 N–H and O–H groups in total. The van der Waals surface area contributed by atoms with Crippen molar-refractivity contribution in [3.63, 3.8) is 0 Å². The molecule has 0 spiro atoms. The number of ether oxygens (including phenoxy) is 1. The number of nitrogens with one attached hydrogen (secondary N) is 1. The summed E-state index contributed by atoms with van der Waals surface area (Å²) < 4.78 is 43.7. The first-order valence-corrected chi connectivity index (χ1v) is 10.9. The van der Waals surface area contributed by atoms with Crippen molar-refractivity contribution in [1.29, 1.82) is 0 Å². The molecule has 2 saturated carbocycles. The number of sulfone groups is 1. The second kappa shape index (κ2) is 6.32. The topological polar surface area (TPSA) is 72.0 Å². The standard InChI is InChI=1S/C18H20ClFN2O3S/c1-9-18(26(2,23)24)22-17(21-9)16(10-3-4-15(20)14(19)8-10)25-13-6-11-5-12(11)7-13/h3-4,8,11-13,16H,5-7H2,1-2H3,(H,21,22). The Morgan fingerprint density at radius 3 is 2.58 bits per heavy atom. The van der Waals surface area contributed by atoms with Gasteiger partial charge < -0.3 is 9.72 Å². The molecule has 0 saturated heterocycles. The highest BCUT2D eigenvalue weighted by molar-refractivity contribution is 7.90. The number of halogens is 2. The van der Waals surface area contributed by atoms with Gasteiger partial charge in [-0.3, -0.25) is 0 Å². The van der Waals surface area contributed by atoms with E-state index in [1.165, 1.54) is 18.6 Å². The molecule has 0 bridgehead atoms. The van der Waals surface area contributed by atoms with E-state index in [0.717, 1.165) is 30.9 Å². The zero-order valence-electron chi connectivity index (χ0n) is 14.5. The monoisotopic (exact) mass is 398 g/mol. The van der Waals surface area contributed by atoms with Crippen LogP contribution in [0.15, 0.2) is 23.2 Å². The number of nitrogens with zero attached hydrogens (tertiary/aromatic N) is 1. The van der Waals surface area contributed by atoms with Gasteiger partial charge in [0.15, 0.2) is 14.9 Å². The lowest BCUT2D eigenvalue weighted by molar-refractivity contribution is 0.00174. The van der Waals surface area contributed by atoms with Gasteiger partial charge in [-0.25, -0.2) is 17.8 Å². The van der Waals surface area contributed by atoms with Gasteiger partial charge in [0.2, 0.25) is 0 Å². The smallest absolute Gasteiger partial charge is 0.194 e. The first-order valence-electron chi connectivity index (χ1n) is 8.59. The average Bonchev–Trinajstić information content (AvgIpc) is 2.98. The van der Waals surface area contributed by atoms with E-state index in [-0.39, 0.29) is 16.2 Å². The van der Waals surface area contributed by atoms with Crippen molar-refractivity contribution in [1.82, 2.24) is 9.97 Å². The fourth-order valence-electron chi connectivity index (χ4n) is 3.89. The highest BCUT2D eigenvalue weighted by atomic mass is 35.5. The molecule has 2 aliphatic carbocycles. The second-order valence-electron chi connectivity index (χ2n) is 7.36. The third-order valence-corrected chi connectivity index (χ3v) is 6.62. The van der Waals surface area contributed by atoms with Crippen LogP contribution in [0.2, 0.25) is 5.02 Å². The lowest BCUT2D eigenvalue weighted by atomic mass is 10.1. The average molecular weight is 399 g/mol. The maximum absolute atomic E-state index is 13.6. The molecule has 3 atom stereocenters. The van der Waals surface area contributed by atoms with Crippen molar-refractivity contribution >= 4 is 21.4 Å². The Balaban J connectivity index is 1.71. The highest BCUT2D eigenvalue weighted by Crippen LogP contribution is 2.53. The molecule has 0 radical (unpaired) electrons. The van der Waals surface area contributed by atoms with Gasteiger partial charge >= 0.3 is 0 Å². The van der Waals surface area contributed by atoms with Gasteiger partial charge in [0.25, 0.3) is 0 Å². The molecule has 3 unspecified atom stereocenters. The number of benzene rings is 1. The molecule has 2 aromatic rings. The maximum atomic E-state index is 13.6. The van der Waals surface area contributed by atoms with Crippen molar-refractivity contribution in [2.45, 2.75) is 43.4 Å². The summed E-state index contributed by atoms with van der Waals surface area (Å²) in [6.45, 7) is 1.66. The Hall–Kier alpha value is -1.44. The summed E-state index contributed by atoms with van der Waals surface area (Å²) in [7, 11) is -3.46. The van der Waals surface area contributed by atoms with Crippen LogP contribution in [0.4, 0.5) is 4.39 Å². The fraction of sp³-hybridized carbons (Fsp3) is 0.500. The van der Waals surface area contributed by atoms with Crippen LogP contribution in [0.3, 0.4) is 0 Å². The Morgan fingerprint density at radius 1 is 1.31 bits per heavy atom. The van der Waals surface area contributed by atoms with Crippen molar-refractivity contribution in [3.05, 3.63) is 46.1 Å². The molecule has 5 nitrogen and oxygen atoms in total. The van der Waals surface area contributed by atoms with E-state index in [0.29, 0.717) is 17.1 Å². The summed E-state index contributed by atoms with van der Waals surface area (Å²) in [6, 6.07) is 4.39. The van der Waals surface area contributed by atoms with Crippen LogP contribution in [0.5, 0.6) is 0 Å². The van der Waals surface area contributed by atoms with Gasteiger partial charge in [-0.15, -0.1) is 0 Å². The van der Waals surface area contributed by atoms with E-state index in [1.807, 2.05) is 0 Å². The van der Waals surface area contributed by atoms with Gasteiger partial charge in [-0.05, 0) is 55.7 Å². The minimum atomic E-state index is -3.46. The molecule has 8 heteroatoms. The molecule has 2 aliphatic rings. The molecule has 2 fully saturated rings. The van der Waals surface area contributed by atoms with Crippen LogP contribution < -0.4 is 0 Å². The number of rotatable bonds is 5. The number of H-pyrrole nitrogens is 1. The summed E-state index contributed by atoms with van der Waals surface area (Å²) in [6.07, 6.45) is 3.84. The lowest BCUT2D eigenvalue weighted by Gasteiger charge is -2.22. The molecule has 1 aromatic heterocycles. The van der Waals surface area contributed by atoms with Gasteiger partial charge in [-0.1, -0.05) is 17.7 Å². The predicted octanol–water partition coefficient (Wildman–Crippen LogP) is 3.82. The Morgan fingerprint density at radius 2 is 2.00 bits per heavy atom. The van der Waals surface area contributed by atoms with Gasteiger partial charge in [0.1, 0.15) is 17.7 Å². The van der Waals surface area contributed by atoms with Gasteiger partial charge in [-0.2, -0.15) is 0 Å². The van der Waals surface area contributed by atoms with Crippen molar-refractivity contribution in [2.24, 2.45) is 11.8 Å². The third-order valence-electron chi connectivity index (χ3n) is 5.23. The molecule has 0 amide bonds. The molecule has 4 rings (SSSR count).